The fourth-order valence-electron chi connectivity index (χ4n) is 6.38. The smallest absolute Gasteiger partial charge is 0.485 e. The first kappa shape index (κ1) is 28.8. The average molecular weight is 561 g/mol. The second-order valence-corrected chi connectivity index (χ2v) is 14.8. The van der Waals surface area contributed by atoms with Crippen molar-refractivity contribution >= 4 is 40.3 Å². The topological polar surface area (TPSA) is 60.4 Å². The van der Waals surface area contributed by atoms with Gasteiger partial charge in [0.1, 0.15) is 15.9 Å². The Hall–Kier alpha value is -2.19. The number of nitrogens with zero attached hydrogens (tertiary/aromatic N) is 1. The molecule has 5 rings (SSSR count). The molecule has 2 saturated heterocycles. The van der Waals surface area contributed by atoms with Gasteiger partial charge in [0.2, 0.25) is 0 Å². The van der Waals surface area contributed by atoms with Crippen LogP contribution in [0.15, 0.2) is 91.0 Å². The number of rotatable bonds is 5. The van der Waals surface area contributed by atoms with Crippen LogP contribution in [0, 0.1) is 0 Å². The molecule has 2 aliphatic rings. The predicted molar refractivity (Wildman–Crippen MR) is 150 cm³/mol. The summed E-state index contributed by atoms with van der Waals surface area (Å²) in [7, 11) is -5.56. The molecule has 2 bridgehead atoms. The van der Waals surface area contributed by atoms with E-state index in [0.717, 1.165) is 11.6 Å². The van der Waals surface area contributed by atoms with E-state index in [-0.39, 0.29) is 0 Å². The molecule has 0 aromatic heterocycles. The monoisotopic (exact) mass is 561 g/mol. The van der Waals surface area contributed by atoms with Crippen molar-refractivity contribution in [3.05, 3.63) is 91.0 Å². The molecule has 0 amide bonds. The molecule has 0 N–H and O–H groups in total. The summed E-state index contributed by atoms with van der Waals surface area (Å²) in [6.45, 7) is 0.682. The normalized spacial score (nSPS) is 20.0. The molecule has 38 heavy (non-hydrogen) atoms. The fraction of sp³-hybridized carbons (Fsp3) is 0.357. The molecule has 3 aromatic rings. The highest BCUT2D eigenvalue weighted by Crippen LogP contribution is 2.62. The van der Waals surface area contributed by atoms with Crippen LogP contribution < -0.4 is 15.9 Å². The van der Waals surface area contributed by atoms with Crippen LogP contribution >= 0.6 is 7.41 Å². The zero-order chi connectivity index (χ0) is 27.4. The molecular weight excluding hydrogens is 529 g/mol. The Morgan fingerprint density at radius 2 is 1.03 bits per heavy atom. The summed E-state index contributed by atoms with van der Waals surface area (Å²) in [4.78, 5) is 0. The maximum atomic E-state index is 10.7. The van der Waals surface area contributed by atoms with Crippen molar-refractivity contribution in [2.75, 3.05) is 7.05 Å². The Kier molecular flexibility index (Phi) is 9.03. The van der Waals surface area contributed by atoms with E-state index < -0.39 is 23.0 Å². The molecule has 0 unspecified atom stereocenters. The Labute approximate surface area is 224 Å². The van der Waals surface area contributed by atoms with Gasteiger partial charge in [-0.1, -0.05) is 93.1 Å². The van der Waals surface area contributed by atoms with Crippen molar-refractivity contribution in [3.63, 3.8) is 0 Å². The number of benzene rings is 3. The van der Waals surface area contributed by atoms with Gasteiger partial charge in [0.15, 0.2) is 17.5 Å². The van der Waals surface area contributed by atoms with Crippen molar-refractivity contribution in [3.8, 4) is 0 Å². The third-order valence-electron chi connectivity index (χ3n) is 7.84. The summed E-state index contributed by atoms with van der Waals surface area (Å²) in [5.74, 6) is 1.69. The van der Waals surface area contributed by atoms with Crippen LogP contribution in [0.5, 0.6) is 0 Å². The number of halogens is 3. The van der Waals surface area contributed by atoms with E-state index in [1.165, 1.54) is 54.4 Å². The lowest BCUT2D eigenvalue weighted by Crippen LogP contribution is -2.53. The van der Waals surface area contributed by atoms with Gasteiger partial charge >= 0.3 is 5.51 Å². The first-order chi connectivity index (χ1) is 18.1. The second-order valence-electron chi connectivity index (χ2n) is 9.99. The van der Waals surface area contributed by atoms with E-state index >= 15 is 0 Å². The van der Waals surface area contributed by atoms with Gasteiger partial charge in [-0.25, -0.2) is 13.0 Å². The van der Waals surface area contributed by atoms with E-state index in [4.69, 9.17) is 13.0 Å². The first-order valence-corrected chi connectivity index (χ1v) is 16.0. The van der Waals surface area contributed by atoms with E-state index in [9.17, 15) is 13.2 Å². The molecule has 4 nitrogen and oxygen atoms in total. The van der Waals surface area contributed by atoms with E-state index in [1.54, 1.807) is 0 Å². The average Bonchev–Trinajstić information content (AvgIpc) is 2.90. The van der Waals surface area contributed by atoms with Crippen molar-refractivity contribution in [1.82, 2.24) is 4.58 Å². The quantitative estimate of drug-likeness (QED) is 0.167. The maximum Gasteiger partial charge on any atom is 0.485 e. The zero-order valence-electron chi connectivity index (χ0n) is 21.3. The largest absolute Gasteiger partial charge is 0.741 e. The Bertz CT molecular complexity index is 1160. The lowest BCUT2D eigenvalue weighted by molar-refractivity contribution is -0.0517. The summed E-state index contributed by atoms with van der Waals surface area (Å²) in [5.41, 5.74) is -5.65. The van der Waals surface area contributed by atoms with E-state index in [0.29, 0.717) is 6.85 Å². The minimum atomic E-state index is -6.09. The number of hydrogen-bond donors (Lipinski definition) is 0. The third-order valence-corrected chi connectivity index (χ3v) is 12.8. The number of hydrogen-bond acceptors (Lipinski definition) is 4. The van der Waals surface area contributed by atoms with Crippen molar-refractivity contribution in [2.24, 2.45) is 0 Å². The first-order valence-electron chi connectivity index (χ1n) is 12.9. The summed E-state index contributed by atoms with van der Waals surface area (Å²) in [5, 5.41) is 4.44. The van der Waals surface area contributed by atoms with Gasteiger partial charge < -0.3 is 4.55 Å². The molecule has 0 atom stereocenters. The maximum absolute atomic E-state index is 10.7. The van der Waals surface area contributed by atoms with Gasteiger partial charge in [0, 0.05) is 7.05 Å². The van der Waals surface area contributed by atoms with Gasteiger partial charge in [0.25, 0.3) is 6.85 Å². The molecule has 0 radical (unpaired) electrons. The van der Waals surface area contributed by atoms with Gasteiger partial charge in [-0.2, -0.15) is 13.2 Å². The minimum absolute atomic E-state index is 0.682. The highest BCUT2D eigenvalue weighted by molar-refractivity contribution is 7.94. The minimum Gasteiger partial charge on any atom is -0.741 e. The van der Waals surface area contributed by atoms with Crippen LogP contribution in [-0.4, -0.2) is 37.0 Å². The lowest BCUT2D eigenvalue weighted by atomic mass is 9.35. The van der Waals surface area contributed by atoms with Crippen molar-refractivity contribution in [2.45, 2.75) is 55.7 Å². The lowest BCUT2D eigenvalue weighted by Gasteiger charge is -2.47. The summed E-state index contributed by atoms with van der Waals surface area (Å²) < 4.78 is 61.8. The highest BCUT2D eigenvalue weighted by atomic mass is 32.2. The van der Waals surface area contributed by atoms with E-state index in [1.807, 2.05) is 0 Å². The van der Waals surface area contributed by atoms with E-state index in [2.05, 4.69) is 103 Å². The molecule has 2 heterocycles. The summed E-state index contributed by atoms with van der Waals surface area (Å²) >= 11 is 0. The predicted octanol–water partition coefficient (Wildman–Crippen LogP) is 5.98. The molecule has 2 aliphatic heterocycles. The zero-order valence-corrected chi connectivity index (χ0v) is 23.0. The SMILES string of the molecule is CN(B1C2CCCC1CCC2)[P+](c1ccccc1)(c1ccccc1)c1ccccc1.O=S(=O)([O-])C(F)(F)F. The Morgan fingerprint density at radius 3 is 1.29 bits per heavy atom. The van der Waals surface area contributed by atoms with Crippen molar-refractivity contribution < 1.29 is 26.1 Å². The fourth-order valence-corrected chi connectivity index (χ4v) is 11.0. The molecule has 0 aliphatic carbocycles. The molecule has 10 heteroatoms. The Morgan fingerprint density at radius 1 is 0.737 bits per heavy atom. The molecule has 202 valence electrons. The molecular formula is C28H32BF3NO3PS. The summed E-state index contributed by atoms with van der Waals surface area (Å²) in [6.07, 6.45) is 8.47. The highest BCUT2D eigenvalue weighted by Gasteiger charge is 2.57. The van der Waals surface area contributed by atoms with Gasteiger partial charge in [0.05, 0.1) is 0 Å². The van der Waals surface area contributed by atoms with Gasteiger partial charge in [-0.15, -0.1) is 0 Å². The number of fused-ring (bicyclic) bond motifs is 2. The van der Waals surface area contributed by atoms with Gasteiger partial charge in [-0.3, -0.25) is 0 Å². The molecule has 0 spiro atoms. The molecule has 2 fully saturated rings. The standard InChI is InChI=1S/C27H32BNP.CHF3O3S/c1-29(28-23-13-11-14-24(28)16-12-15-23)30(25-17-5-2-6-18-25,26-19-7-3-8-20-26)27-21-9-4-10-22-27;2-1(3,4)8(5,6)7/h2-10,17-24H,11-16H2,1H3;(H,5,6,7)/q+1;/p-1. The van der Waals surface area contributed by atoms with Crippen LogP contribution in [-0.2, 0) is 10.1 Å². The van der Waals surface area contributed by atoms with Crippen LogP contribution in [0.3, 0.4) is 0 Å². The van der Waals surface area contributed by atoms with Crippen molar-refractivity contribution in [1.29, 1.82) is 0 Å². The Balaban J connectivity index is 0.000000368. The number of alkyl halides is 3. The van der Waals surface area contributed by atoms with Crippen LogP contribution in [0.25, 0.3) is 0 Å². The van der Waals surface area contributed by atoms with Gasteiger partial charge in [-0.05, 0) is 48.0 Å². The van der Waals surface area contributed by atoms with Crippen LogP contribution in [0.2, 0.25) is 11.6 Å². The molecule has 3 aromatic carbocycles. The second kappa shape index (κ2) is 11.9. The summed E-state index contributed by atoms with van der Waals surface area (Å²) in [6, 6.07) is 34.1. The van der Waals surface area contributed by atoms with Crippen LogP contribution in [0.4, 0.5) is 13.2 Å². The third kappa shape index (κ3) is 5.86. The molecule has 0 saturated carbocycles. The van der Waals surface area contributed by atoms with Crippen LogP contribution in [0.1, 0.15) is 38.5 Å².